The molecule has 1 aromatic carbocycles. The van der Waals surface area contributed by atoms with E-state index in [9.17, 15) is 14.4 Å². The minimum Gasteiger partial charge on any atom is -0.478 e. The van der Waals surface area contributed by atoms with Crippen molar-refractivity contribution in [3.63, 3.8) is 0 Å². The van der Waals surface area contributed by atoms with E-state index in [1.165, 1.54) is 0 Å². The molecule has 2 aliphatic heterocycles. The van der Waals surface area contributed by atoms with E-state index in [2.05, 4.69) is 20.1 Å². The maximum atomic E-state index is 13.9. The molecule has 3 aromatic heterocycles. The molecule has 13 nitrogen and oxygen atoms in total. The summed E-state index contributed by atoms with van der Waals surface area (Å²) in [4.78, 5) is 46.7. The highest BCUT2D eigenvalue weighted by Gasteiger charge is 2.34. The van der Waals surface area contributed by atoms with E-state index in [1.54, 1.807) is 17.4 Å². The summed E-state index contributed by atoms with van der Waals surface area (Å²) in [5.41, 5.74) is 8.91. The van der Waals surface area contributed by atoms with Gasteiger partial charge in [-0.25, -0.2) is 19.6 Å². The van der Waals surface area contributed by atoms with Crippen molar-refractivity contribution in [2.75, 3.05) is 24.5 Å². The molecule has 14 heteroatoms. The van der Waals surface area contributed by atoms with E-state index < -0.39 is 17.5 Å². The molecule has 4 N–H and O–H groups in total. The molecule has 2 aliphatic rings. The number of aryl methyl sites for hydroxylation is 1. The van der Waals surface area contributed by atoms with E-state index in [1.807, 2.05) is 60.5 Å². The number of nitrogens with zero attached hydrogens (tertiary/aromatic N) is 6. The van der Waals surface area contributed by atoms with Crippen LogP contribution in [-0.2, 0) is 21.5 Å². The van der Waals surface area contributed by atoms with Crippen LogP contribution >= 0.6 is 11.3 Å². The number of carbonyl (C=O) groups excluding carboxylic acids is 1. The molecule has 0 unspecified atom stereocenters. The lowest BCUT2D eigenvalue weighted by atomic mass is 9.94. The third-order valence-corrected chi connectivity index (χ3v) is 8.90. The highest BCUT2D eigenvalue weighted by molar-refractivity contribution is 7.09. The molecule has 2 atom stereocenters. The van der Waals surface area contributed by atoms with Gasteiger partial charge in [0.2, 0.25) is 5.89 Å². The maximum Gasteiger partial charge on any atom is 0.328 e. The van der Waals surface area contributed by atoms with E-state index >= 15 is 0 Å². The first kappa shape index (κ1) is 33.4. The first-order valence-electron chi connectivity index (χ1n) is 15.3. The maximum absolute atomic E-state index is 13.9. The van der Waals surface area contributed by atoms with Crippen molar-refractivity contribution in [2.24, 2.45) is 5.73 Å². The second-order valence-corrected chi connectivity index (χ2v) is 12.7. The smallest absolute Gasteiger partial charge is 0.328 e. The van der Waals surface area contributed by atoms with Crippen LogP contribution in [0.1, 0.15) is 71.2 Å². The fourth-order valence-electron chi connectivity index (χ4n) is 5.61. The standard InChI is InChI=1S/C29H33N7O2S.C4H4O4/c1-19-18-39-26(31-19)23-11-8-14-36(23)27(37)21-15-22(32-24(16-21)35-12-6-7-13-35)25-33-34-28(38-25)29(2,30)17-20-9-4-3-5-10-20;5-3(6)1-2-4(7)8/h3-5,9-10,15-16,18,23H,6-8,11-14,17,30H2,1-2H3;1-2H,(H,5,6)(H,7,8)/t23-,29-;/m1./s1. The molecule has 4 aromatic rings. The summed E-state index contributed by atoms with van der Waals surface area (Å²) < 4.78 is 6.12. The Morgan fingerprint density at radius 2 is 1.72 bits per heavy atom. The summed E-state index contributed by atoms with van der Waals surface area (Å²) in [5, 5.41) is 27.3. The number of hydrogen-bond acceptors (Lipinski definition) is 11. The van der Waals surface area contributed by atoms with Gasteiger partial charge >= 0.3 is 11.9 Å². The average Bonchev–Trinajstić information content (AvgIpc) is 3.87. The van der Waals surface area contributed by atoms with Crippen LogP contribution in [0.4, 0.5) is 5.82 Å². The van der Waals surface area contributed by atoms with Crippen LogP contribution in [0, 0.1) is 6.92 Å². The zero-order valence-corrected chi connectivity index (χ0v) is 27.0. The molecule has 2 saturated heterocycles. The summed E-state index contributed by atoms with van der Waals surface area (Å²) in [6.07, 6.45) is 5.73. The van der Waals surface area contributed by atoms with Crippen molar-refractivity contribution in [3.8, 4) is 11.6 Å². The number of thiazole rings is 1. The topological polar surface area (TPSA) is 189 Å². The molecule has 6 rings (SSSR count). The Bertz CT molecular complexity index is 1730. The normalized spacial score (nSPS) is 17.4. The summed E-state index contributed by atoms with van der Waals surface area (Å²) in [7, 11) is 0. The number of rotatable bonds is 9. The summed E-state index contributed by atoms with van der Waals surface area (Å²) in [5.74, 6) is -1.19. The second kappa shape index (κ2) is 14.6. The first-order valence-corrected chi connectivity index (χ1v) is 16.2. The molecule has 1 amide bonds. The molecule has 0 aliphatic carbocycles. The van der Waals surface area contributed by atoms with Crippen LogP contribution in [0.15, 0.2) is 64.4 Å². The van der Waals surface area contributed by atoms with E-state index in [4.69, 9.17) is 25.3 Å². The van der Waals surface area contributed by atoms with Gasteiger partial charge in [0, 0.05) is 48.4 Å². The zero-order chi connectivity index (χ0) is 33.6. The number of nitrogens with two attached hydrogens (primary N) is 1. The predicted octanol–water partition coefficient (Wildman–Crippen LogP) is 4.60. The number of anilines is 1. The van der Waals surface area contributed by atoms with E-state index in [0.717, 1.165) is 60.9 Å². The molecule has 5 heterocycles. The van der Waals surface area contributed by atoms with Gasteiger partial charge in [-0.1, -0.05) is 30.3 Å². The molecule has 246 valence electrons. The number of aromatic nitrogens is 4. The molecular formula is C33H37N7O6S. The number of amides is 1. The minimum atomic E-state index is -1.26. The van der Waals surface area contributed by atoms with Crippen molar-refractivity contribution in [1.29, 1.82) is 0 Å². The number of benzene rings is 1. The summed E-state index contributed by atoms with van der Waals surface area (Å²) >= 11 is 1.62. The summed E-state index contributed by atoms with van der Waals surface area (Å²) in [6, 6.07) is 13.7. The number of carboxylic acid groups (broad SMARTS) is 2. The number of likely N-dealkylation sites (tertiary alicyclic amines) is 1. The minimum absolute atomic E-state index is 0.00556. The summed E-state index contributed by atoms with van der Waals surface area (Å²) in [6.45, 7) is 6.38. The lowest BCUT2D eigenvalue weighted by Crippen LogP contribution is -2.35. The Hall–Kier alpha value is -4.95. The number of pyridine rings is 1. The zero-order valence-electron chi connectivity index (χ0n) is 26.2. The fraction of sp³-hybridized carbons (Fsp3) is 0.364. The van der Waals surface area contributed by atoms with E-state index in [0.29, 0.717) is 42.3 Å². The molecule has 0 spiro atoms. The lowest BCUT2D eigenvalue weighted by Gasteiger charge is -2.24. The monoisotopic (exact) mass is 659 g/mol. The van der Waals surface area contributed by atoms with Gasteiger partial charge in [0.05, 0.1) is 11.6 Å². The highest BCUT2D eigenvalue weighted by atomic mass is 32.1. The second-order valence-electron chi connectivity index (χ2n) is 11.8. The fourth-order valence-corrected chi connectivity index (χ4v) is 6.55. The third-order valence-electron chi connectivity index (χ3n) is 7.84. The Balaban J connectivity index is 0.000000483. The number of aliphatic carboxylic acids is 2. The molecule has 0 saturated carbocycles. The quantitative estimate of drug-likeness (QED) is 0.212. The van der Waals surface area contributed by atoms with Gasteiger partial charge in [-0.15, -0.1) is 21.5 Å². The van der Waals surface area contributed by atoms with Crippen molar-refractivity contribution in [2.45, 2.75) is 57.5 Å². The lowest BCUT2D eigenvalue weighted by molar-refractivity contribution is -0.134. The Morgan fingerprint density at radius 1 is 1.02 bits per heavy atom. The van der Waals surface area contributed by atoms with Crippen LogP contribution in [0.25, 0.3) is 11.6 Å². The van der Waals surface area contributed by atoms with Crippen LogP contribution in [0.2, 0.25) is 0 Å². The van der Waals surface area contributed by atoms with Crippen LogP contribution < -0.4 is 10.6 Å². The van der Waals surface area contributed by atoms with Gasteiger partial charge in [0.15, 0.2) is 0 Å². The Kier molecular flexibility index (Phi) is 10.4. The number of carboxylic acids is 2. The van der Waals surface area contributed by atoms with Gasteiger partial charge in [-0.3, -0.25) is 4.79 Å². The van der Waals surface area contributed by atoms with E-state index in [-0.39, 0.29) is 17.8 Å². The van der Waals surface area contributed by atoms with Crippen molar-refractivity contribution in [1.82, 2.24) is 25.1 Å². The molecule has 0 radical (unpaired) electrons. The predicted molar refractivity (Wildman–Crippen MR) is 175 cm³/mol. The molecule has 2 fully saturated rings. The van der Waals surface area contributed by atoms with Gasteiger partial charge < -0.3 is 30.2 Å². The highest BCUT2D eigenvalue weighted by Crippen LogP contribution is 2.36. The SMILES string of the molecule is Cc1csc([C@H]2CCCN2C(=O)c2cc(-c3nnc([C@](C)(N)Cc4ccccc4)o3)nc(N3CCCC3)c2)n1.O=C(O)C=CC(=O)O. The molecule has 47 heavy (non-hydrogen) atoms. The molecule has 0 bridgehead atoms. The Labute approximate surface area is 275 Å². The van der Waals surface area contributed by atoms with Gasteiger partial charge in [-0.05, 0) is 63.6 Å². The number of carbonyl (C=O) groups is 3. The van der Waals surface area contributed by atoms with Gasteiger partial charge in [0.25, 0.3) is 11.8 Å². The van der Waals surface area contributed by atoms with Crippen LogP contribution in [-0.4, -0.2) is 72.8 Å². The van der Waals surface area contributed by atoms with Crippen LogP contribution in [0.5, 0.6) is 0 Å². The van der Waals surface area contributed by atoms with Crippen molar-refractivity contribution < 1.29 is 29.0 Å². The Morgan fingerprint density at radius 3 is 2.36 bits per heavy atom. The van der Waals surface area contributed by atoms with Gasteiger partial charge in [0.1, 0.15) is 16.5 Å². The first-order chi connectivity index (χ1) is 22.5. The van der Waals surface area contributed by atoms with Gasteiger partial charge in [-0.2, -0.15) is 0 Å². The third kappa shape index (κ3) is 8.45. The largest absolute Gasteiger partial charge is 0.478 e. The average molecular weight is 660 g/mol. The molecular weight excluding hydrogens is 622 g/mol. The van der Waals surface area contributed by atoms with Crippen molar-refractivity contribution in [3.05, 3.63) is 87.7 Å². The van der Waals surface area contributed by atoms with Crippen LogP contribution in [0.3, 0.4) is 0 Å². The van der Waals surface area contributed by atoms with Crippen molar-refractivity contribution >= 4 is 35.0 Å². The number of hydrogen-bond donors (Lipinski definition) is 3.